The van der Waals surface area contributed by atoms with E-state index in [1.165, 1.54) is 6.92 Å². The van der Waals surface area contributed by atoms with E-state index >= 15 is 0 Å². The number of halogens is 1. The Labute approximate surface area is 142 Å². The molecule has 22 heavy (non-hydrogen) atoms. The average Bonchev–Trinajstić information content (AvgIpc) is 2.48. The van der Waals surface area contributed by atoms with Crippen molar-refractivity contribution < 1.29 is 14.3 Å². The minimum atomic E-state index is -0.244. The lowest BCUT2D eigenvalue weighted by Crippen LogP contribution is -2.20. The van der Waals surface area contributed by atoms with Crippen molar-refractivity contribution in [2.75, 3.05) is 17.2 Å². The fourth-order valence-electron chi connectivity index (χ4n) is 1.74. The van der Waals surface area contributed by atoms with Gasteiger partial charge >= 0.3 is 0 Å². The lowest BCUT2D eigenvalue weighted by Gasteiger charge is -2.09. The van der Waals surface area contributed by atoms with E-state index in [1.807, 2.05) is 24.3 Å². The molecule has 0 heterocycles. The Hall–Kier alpha value is -2.09. The lowest BCUT2D eigenvalue weighted by molar-refractivity contribution is -0.118. The van der Waals surface area contributed by atoms with Crippen molar-refractivity contribution in [3.63, 3.8) is 0 Å². The first-order valence-electron chi connectivity index (χ1n) is 6.59. The van der Waals surface area contributed by atoms with Gasteiger partial charge in [-0.3, -0.25) is 9.59 Å². The fraction of sp³-hybridized carbons (Fsp3) is 0.125. The molecule has 0 unspecified atom stereocenters. The molecule has 0 radical (unpaired) electrons. The molecule has 2 aromatic rings. The minimum absolute atomic E-state index is 0.0620. The number of para-hydroxylation sites is 1. The van der Waals surface area contributed by atoms with Crippen LogP contribution in [-0.2, 0) is 9.59 Å². The highest BCUT2D eigenvalue weighted by Gasteiger charge is 2.06. The predicted octanol–water partition coefficient (Wildman–Crippen LogP) is 3.27. The van der Waals surface area contributed by atoms with Crippen molar-refractivity contribution in [3.05, 3.63) is 52.1 Å². The zero-order valence-corrected chi connectivity index (χ0v) is 14.1. The second-order valence-corrected chi connectivity index (χ2v) is 5.69. The maximum absolute atomic E-state index is 11.9. The van der Waals surface area contributed by atoms with E-state index in [4.69, 9.17) is 4.74 Å². The van der Waals surface area contributed by atoms with Gasteiger partial charge in [0.2, 0.25) is 5.91 Å². The smallest absolute Gasteiger partial charge is 0.262 e. The molecule has 0 saturated heterocycles. The normalized spacial score (nSPS) is 9.91. The quantitative estimate of drug-likeness (QED) is 0.744. The maximum Gasteiger partial charge on any atom is 0.262 e. The molecule has 6 heteroatoms. The molecule has 2 aromatic carbocycles. The van der Waals surface area contributed by atoms with Crippen LogP contribution in [0.4, 0.5) is 11.4 Å². The van der Waals surface area contributed by atoms with E-state index < -0.39 is 0 Å². The summed E-state index contributed by atoms with van der Waals surface area (Å²) >= 11 is 2.15. The summed E-state index contributed by atoms with van der Waals surface area (Å²) in [6.07, 6.45) is 0. The van der Waals surface area contributed by atoms with Gasteiger partial charge in [-0.2, -0.15) is 0 Å². The number of benzene rings is 2. The molecular weight excluding hydrogens is 395 g/mol. The van der Waals surface area contributed by atoms with Gasteiger partial charge < -0.3 is 15.4 Å². The predicted molar refractivity (Wildman–Crippen MR) is 94.0 cm³/mol. The third-order valence-electron chi connectivity index (χ3n) is 2.68. The van der Waals surface area contributed by atoms with Gasteiger partial charge in [0.25, 0.3) is 5.91 Å². The van der Waals surface area contributed by atoms with Crippen molar-refractivity contribution in [1.29, 1.82) is 0 Å². The van der Waals surface area contributed by atoms with Crippen molar-refractivity contribution in [2.45, 2.75) is 6.92 Å². The molecule has 0 aliphatic rings. The van der Waals surface area contributed by atoms with E-state index in [1.54, 1.807) is 24.3 Å². The van der Waals surface area contributed by atoms with Crippen LogP contribution in [0.2, 0.25) is 0 Å². The average molecular weight is 410 g/mol. The van der Waals surface area contributed by atoms with E-state index in [2.05, 4.69) is 33.2 Å². The summed E-state index contributed by atoms with van der Waals surface area (Å²) in [7, 11) is 0. The molecule has 114 valence electrons. The summed E-state index contributed by atoms with van der Waals surface area (Å²) in [6, 6.07) is 14.4. The van der Waals surface area contributed by atoms with Crippen LogP contribution in [-0.4, -0.2) is 18.4 Å². The van der Waals surface area contributed by atoms with Crippen LogP contribution in [0, 0.1) is 3.57 Å². The van der Waals surface area contributed by atoms with Gasteiger partial charge in [0.1, 0.15) is 5.75 Å². The molecule has 0 aliphatic carbocycles. The number of hydrogen-bond donors (Lipinski definition) is 2. The van der Waals surface area contributed by atoms with Gasteiger partial charge in [-0.25, -0.2) is 0 Å². The second kappa shape index (κ2) is 7.79. The van der Waals surface area contributed by atoms with Gasteiger partial charge in [0.15, 0.2) is 6.61 Å². The SMILES string of the molecule is CC(=O)Nc1ccc(NC(=O)COc2ccccc2I)cc1. The maximum atomic E-state index is 11.9. The van der Waals surface area contributed by atoms with Crippen LogP contribution >= 0.6 is 22.6 Å². The van der Waals surface area contributed by atoms with Crippen molar-refractivity contribution in [2.24, 2.45) is 0 Å². The van der Waals surface area contributed by atoms with Gasteiger partial charge in [0.05, 0.1) is 3.57 Å². The molecule has 0 saturated carbocycles. The van der Waals surface area contributed by atoms with Crippen LogP contribution in [0.3, 0.4) is 0 Å². The van der Waals surface area contributed by atoms with Crippen LogP contribution in [0.1, 0.15) is 6.92 Å². The first kappa shape index (κ1) is 16.3. The Balaban J connectivity index is 1.87. The first-order chi connectivity index (χ1) is 10.5. The largest absolute Gasteiger partial charge is 0.483 e. The molecule has 0 atom stereocenters. The first-order valence-corrected chi connectivity index (χ1v) is 7.67. The van der Waals surface area contributed by atoms with E-state index in [-0.39, 0.29) is 18.4 Å². The highest BCUT2D eigenvalue weighted by molar-refractivity contribution is 14.1. The van der Waals surface area contributed by atoms with Crippen LogP contribution in [0.5, 0.6) is 5.75 Å². The molecule has 2 N–H and O–H groups in total. The van der Waals surface area contributed by atoms with Crippen LogP contribution in [0.15, 0.2) is 48.5 Å². The number of ether oxygens (including phenoxy) is 1. The molecule has 2 rings (SSSR count). The summed E-state index contributed by atoms with van der Waals surface area (Å²) < 4.78 is 6.42. The van der Waals surface area contributed by atoms with Gasteiger partial charge in [0, 0.05) is 18.3 Å². The third-order valence-corrected chi connectivity index (χ3v) is 3.58. The molecular formula is C16H15IN2O3. The topological polar surface area (TPSA) is 67.4 Å². The Morgan fingerprint density at radius 1 is 1.00 bits per heavy atom. The summed E-state index contributed by atoms with van der Waals surface area (Å²) in [5.74, 6) is 0.300. The highest BCUT2D eigenvalue weighted by atomic mass is 127. The van der Waals surface area contributed by atoms with Crippen molar-refractivity contribution >= 4 is 45.8 Å². The number of nitrogens with one attached hydrogen (secondary N) is 2. The van der Waals surface area contributed by atoms with Crippen LogP contribution < -0.4 is 15.4 Å². The number of carbonyl (C=O) groups excluding carboxylic acids is 2. The monoisotopic (exact) mass is 410 g/mol. The standard InChI is InChI=1S/C16H15IN2O3/c1-11(20)18-12-6-8-13(9-7-12)19-16(21)10-22-15-5-3-2-4-14(15)17/h2-9H,10H2,1H3,(H,18,20)(H,19,21). The molecule has 0 aliphatic heterocycles. The Kier molecular flexibility index (Phi) is 5.76. The number of rotatable bonds is 5. The highest BCUT2D eigenvalue weighted by Crippen LogP contribution is 2.19. The zero-order chi connectivity index (χ0) is 15.9. The van der Waals surface area contributed by atoms with Gasteiger partial charge in [-0.05, 0) is 59.0 Å². The number of hydrogen-bond acceptors (Lipinski definition) is 3. The molecule has 0 fully saturated rings. The Morgan fingerprint density at radius 3 is 2.18 bits per heavy atom. The van der Waals surface area contributed by atoms with E-state index in [0.717, 1.165) is 3.57 Å². The zero-order valence-electron chi connectivity index (χ0n) is 11.9. The Morgan fingerprint density at radius 2 is 1.59 bits per heavy atom. The van der Waals surface area contributed by atoms with E-state index in [9.17, 15) is 9.59 Å². The van der Waals surface area contributed by atoms with E-state index in [0.29, 0.717) is 17.1 Å². The number of anilines is 2. The second-order valence-electron chi connectivity index (χ2n) is 4.53. The lowest BCUT2D eigenvalue weighted by atomic mass is 10.2. The molecule has 0 aromatic heterocycles. The molecule has 0 spiro atoms. The fourth-order valence-corrected chi connectivity index (χ4v) is 2.29. The molecule has 5 nitrogen and oxygen atoms in total. The summed E-state index contributed by atoms with van der Waals surface area (Å²) in [4.78, 5) is 22.8. The van der Waals surface area contributed by atoms with Crippen LogP contribution in [0.25, 0.3) is 0 Å². The minimum Gasteiger partial charge on any atom is -0.483 e. The van der Waals surface area contributed by atoms with Crippen molar-refractivity contribution in [3.8, 4) is 5.75 Å². The summed E-state index contributed by atoms with van der Waals surface area (Å²) in [5.41, 5.74) is 1.33. The third kappa shape index (κ3) is 5.03. The summed E-state index contributed by atoms with van der Waals surface area (Å²) in [5, 5.41) is 5.39. The Bertz CT molecular complexity index is 671. The van der Waals surface area contributed by atoms with Gasteiger partial charge in [-0.15, -0.1) is 0 Å². The summed E-state index contributed by atoms with van der Waals surface area (Å²) in [6.45, 7) is 1.38. The van der Waals surface area contributed by atoms with Crippen molar-refractivity contribution in [1.82, 2.24) is 0 Å². The molecule has 0 bridgehead atoms. The van der Waals surface area contributed by atoms with Gasteiger partial charge in [-0.1, -0.05) is 12.1 Å². The number of amides is 2. The molecule has 2 amide bonds. The number of carbonyl (C=O) groups is 2.